The molecule has 0 bridgehead atoms. The summed E-state index contributed by atoms with van der Waals surface area (Å²) < 4.78 is 15.6. The van der Waals surface area contributed by atoms with Crippen LogP contribution in [0.3, 0.4) is 0 Å². The highest BCUT2D eigenvalue weighted by Crippen LogP contribution is 2.28. The second-order valence-corrected chi connectivity index (χ2v) is 5.19. The van der Waals surface area contributed by atoms with Crippen LogP contribution in [0.5, 0.6) is 0 Å². The van der Waals surface area contributed by atoms with Gasteiger partial charge in [-0.2, -0.15) is 4.98 Å². The number of esters is 1. The van der Waals surface area contributed by atoms with Crippen molar-refractivity contribution < 1.29 is 18.8 Å². The van der Waals surface area contributed by atoms with Gasteiger partial charge in [0.15, 0.2) is 5.82 Å². The molecule has 2 heterocycles. The molecule has 0 spiro atoms. The molecule has 1 fully saturated rings. The van der Waals surface area contributed by atoms with Crippen LogP contribution in [0, 0.1) is 0 Å². The summed E-state index contributed by atoms with van der Waals surface area (Å²) in [5.41, 5.74) is -0.910. The van der Waals surface area contributed by atoms with Gasteiger partial charge < -0.3 is 14.0 Å². The van der Waals surface area contributed by atoms with Gasteiger partial charge in [-0.1, -0.05) is 5.16 Å². The van der Waals surface area contributed by atoms with Crippen LogP contribution in [0.25, 0.3) is 0 Å². The third-order valence-corrected chi connectivity index (χ3v) is 3.35. The molecule has 1 aliphatic rings. The second kappa shape index (κ2) is 5.69. The molecule has 6 heteroatoms. The maximum absolute atomic E-state index is 11.9. The topological polar surface area (TPSA) is 74.5 Å². The van der Waals surface area contributed by atoms with E-state index >= 15 is 0 Å². The van der Waals surface area contributed by atoms with Crippen molar-refractivity contribution in [1.29, 1.82) is 0 Å². The Morgan fingerprint density at radius 1 is 1.42 bits per heavy atom. The fourth-order valence-electron chi connectivity index (χ4n) is 2.01. The van der Waals surface area contributed by atoms with Crippen LogP contribution in [0.4, 0.5) is 0 Å². The lowest BCUT2D eigenvalue weighted by Crippen LogP contribution is -2.31. The average molecular weight is 268 g/mol. The van der Waals surface area contributed by atoms with Crippen molar-refractivity contribution in [2.24, 2.45) is 0 Å². The van der Waals surface area contributed by atoms with E-state index in [1.807, 2.05) is 0 Å². The highest BCUT2D eigenvalue weighted by atomic mass is 16.5. The maximum atomic E-state index is 11.9. The van der Waals surface area contributed by atoms with E-state index in [-0.39, 0.29) is 11.9 Å². The van der Waals surface area contributed by atoms with Gasteiger partial charge in [0, 0.05) is 19.1 Å². The van der Waals surface area contributed by atoms with Gasteiger partial charge in [0.1, 0.15) is 5.41 Å². The zero-order valence-electron chi connectivity index (χ0n) is 11.6. The molecule has 1 aromatic rings. The third kappa shape index (κ3) is 2.94. The van der Waals surface area contributed by atoms with Crippen LogP contribution in [0.15, 0.2) is 4.52 Å². The number of hydrogen-bond donors (Lipinski definition) is 0. The van der Waals surface area contributed by atoms with Gasteiger partial charge in [0.25, 0.3) is 0 Å². The summed E-state index contributed by atoms with van der Waals surface area (Å²) in [4.78, 5) is 16.3. The van der Waals surface area contributed by atoms with E-state index in [1.165, 1.54) is 0 Å². The largest absolute Gasteiger partial charge is 0.465 e. The summed E-state index contributed by atoms with van der Waals surface area (Å²) in [7, 11) is 0. The minimum absolute atomic E-state index is 0.254. The number of ether oxygens (including phenoxy) is 2. The molecule has 0 radical (unpaired) electrons. The molecule has 106 valence electrons. The Bertz CT molecular complexity index is 436. The summed E-state index contributed by atoms with van der Waals surface area (Å²) in [6, 6.07) is 0. The Hall–Kier alpha value is -1.43. The summed E-state index contributed by atoms with van der Waals surface area (Å²) in [5, 5.41) is 4.00. The van der Waals surface area contributed by atoms with Crippen molar-refractivity contribution in [3.8, 4) is 0 Å². The van der Waals surface area contributed by atoms with Gasteiger partial charge in [0.05, 0.1) is 6.61 Å². The molecule has 0 saturated carbocycles. The molecule has 19 heavy (non-hydrogen) atoms. The van der Waals surface area contributed by atoms with Gasteiger partial charge in [-0.05, 0) is 33.6 Å². The zero-order valence-corrected chi connectivity index (χ0v) is 11.6. The quantitative estimate of drug-likeness (QED) is 0.775. The zero-order chi connectivity index (χ0) is 13.9. The fourth-order valence-corrected chi connectivity index (χ4v) is 2.01. The van der Waals surface area contributed by atoms with Crippen LogP contribution in [0.1, 0.15) is 51.2 Å². The molecule has 1 aliphatic heterocycles. The highest BCUT2D eigenvalue weighted by molar-refractivity contribution is 5.80. The van der Waals surface area contributed by atoms with Crippen LogP contribution in [-0.4, -0.2) is 35.9 Å². The van der Waals surface area contributed by atoms with Crippen molar-refractivity contribution in [3.05, 3.63) is 11.7 Å². The van der Waals surface area contributed by atoms with Crippen molar-refractivity contribution in [2.75, 3.05) is 19.8 Å². The lowest BCUT2D eigenvalue weighted by atomic mass is 9.93. The smallest absolute Gasteiger partial charge is 0.321 e. The van der Waals surface area contributed by atoms with E-state index < -0.39 is 5.41 Å². The number of nitrogens with zero attached hydrogens (tertiary/aromatic N) is 2. The molecule has 6 nitrogen and oxygen atoms in total. The molecule has 0 amide bonds. The van der Waals surface area contributed by atoms with Crippen LogP contribution < -0.4 is 0 Å². The maximum Gasteiger partial charge on any atom is 0.321 e. The second-order valence-electron chi connectivity index (χ2n) is 5.19. The summed E-state index contributed by atoms with van der Waals surface area (Å²) >= 11 is 0. The minimum Gasteiger partial charge on any atom is -0.465 e. The normalized spacial score (nSPS) is 17.4. The molecule has 0 aromatic carbocycles. The number of rotatable bonds is 4. The van der Waals surface area contributed by atoms with E-state index in [9.17, 15) is 4.79 Å². The van der Waals surface area contributed by atoms with Gasteiger partial charge in [-0.15, -0.1) is 0 Å². The number of hydrogen-bond acceptors (Lipinski definition) is 6. The Balaban J connectivity index is 2.13. The van der Waals surface area contributed by atoms with Crippen LogP contribution in [-0.2, 0) is 19.7 Å². The number of carbonyl (C=O) groups excluding carboxylic acids is 1. The van der Waals surface area contributed by atoms with Crippen molar-refractivity contribution in [2.45, 2.75) is 44.9 Å². The molecular formula is C13H20N2O4. The molecule has 2 rings (SSSR count). The molecule has 0 N–H and O–H groups in total. The summed E-state index contributed by atoms with van der Waals surface area (Å²) in [6.45, 7) is 7.00. The first kappa shape index (κ1) is 14.0. The predicted molar refractivity (Wildman–Crippen MR) is 66.8 cm³/mol. The van der Waals surface area contributed by atoms with Gasteiger partial charge in [-0.3, -0.25) is 4.79 Å². The number of aromatic nitrogens is 2. The molecule has 1 aromatic heterocycles. The van der Waals surface area contributed by atoms with Gasteiger partial charge in [0.2, 0.25) is 5.89 Å². The van der Waals surface area contributed by atoms with E-state index in [1.54, 1.807) is 20.8 Å². The Labute approximate surface area is 112 Å². The molecular weight excluding hydrogens is 248 g/mol. The van der Waals surface area contributed by atoms with Crippen LogP contribution in [0.2, 0.25) is 0 Å². The van der Waals surface area contributed by atoms with Gasteiger partial charge >= 0.3 is 5.97 Å². The Morgan fingerprint density at radius 3 is 2.74 bits per heavy atom. The fraction of sp³-hybridized carbons (Fsp3) is 0.769. The summed E-state index contributed by atoms with van der Waals surface area (Å²) in [6.07, 6.45) is 1.78. The monoisotopic (exact) mass is 268 g/mol. The van der Waals surface area contributed by atoms with E-state index in [4.69, 9.17) is 14.0 Å². The Kier molecular flexibility index (Phi) is 4.19. The first-order valence-corrected chi connectivity index (χ1v) is 6.64. The van der Waals surface area contributed by atoms with E-state index in [2.05, 4.69) is 10.1 Å². The van der Waals surface area contributed by atoms with Crippen molar-refractivity contribution in [3.63, 3.8) is 0 Å². The summed E-state index contributed by atoms with van der Waals surface area (Å²) in [5.74, 6) is 0.879. The molecule has 0 aliphatic carbocycles. The van der Waals surface area contributed by atoms with E-state index in [0.717, 1.165) is 26.1 Å². The lowest BCUT2D eigenvalue weighted by molar-refractivity contribution is -0.149. The molecule has 1 saturated heterocycles. The van der Waals surface area contributed by atoms with Crippen molar-refractivity contribution in [1.82, 2.24) is 10.1 Å². The lowest BCUT2D eigenvalue weighted by Gasteiger charge is -2.19. The SMILES string of the molecule is CCOC(=O)C(C)(C)c1nc(C2CCOCC2)no1. The van der Waals surface area contributed by atoms with Crippen LogP contribution >= 0.6 is 0 Å². The van der Waals surface area contributed by atoms with Crippen molar-refractivity contribution >= 4 is 5.97 Å². The minimum atomic E-state index is -0.910. The average Bonchev–Trinajstić information content (AvgIpc) is 2.90. The van der Waals surface area contributed by atoms with Gasteiger partial charge in [-0.25, -0.2) is 0 Å². The number of carbonyl (C=O) groups is 1. The molecule has 0 unspecified atom stereocenters. The standard InChI is InChI=1S/C13H20N2O4/c1-4-18-12(16)13(2,3)11-14-10(15-19-11)9-5-7-17-8-6-9/h9H,4-8H2,1-3H3. The highest BCUT2D eigenvalue weighted by Gasteiger charge is 2.38. The van der Waals surface area contributed by atoms with E-state index in [0.29, 0.717) is 18.3 Å². The Morgan fingerprint density at radius 2 is 2.11 bits per heavy atom. The molecule has 0 atom stereocenters. The third-order valence-electron chi connectivity index (χ3n) is 3.35. The first-order chi connectivity index (χ1) is 9.05. The predicted octanol–water partition coefficient (Wildman–Crippen LogP) is 1.80. The first-order valence-electron chi connectivity index (χ1n) is 6.64.